The van der Waals surface area contributed by atoms with E-state index in [1.807, 2.05) is 6.92 Å². The lowest BCUT2D eigenvalue weighted by Crippen LogP contribution is -2.46. The van der Waals surface area contributed by atoms with E-state index in [1.54, 1.807) is 6.07 Å². The third-order valence-electron chi connectivity index (χ3n) is 4.77. The van der Waals surface area contributed by atoms with Crippen molar-refractivity contribution in [2.24, 2.45) is 0 Å². The van der Waals surface area contributed by atoms with E-state index >= 15 is 0 Å². The molecule has 0 spiro atoms. The number of hydrogen-bond donors (Lipinski definition) is 3. The molecule has 0 radical (unpaired) electrons. The molecular weight excluding hydrogens is 315 g/mol. The van der Waals surface area contributed by atoms with Crippen molar-refractivity contribution in [2.45, 2.75) is 43.9 Å². The number of alkyl halides is 1. The normalized spacial score (nSPS) is 27.7. The zero-order valence-electron chi connectivity index (χ0n) is 13.6. The van der Waals surface area contributed by atoms with Gasteiger partial charge in [0.2, 0.25) is 0 Å². The van der Waals surface area contributed by atoms with Crippen LogP contribution in [-0.2, 0) is 0 Å². The van der Waals surface area contributed by atoms with Crippen molar-refractivity contribution in [2.75, 3.05) is 13.7 Å². The first-order chi connectivity index (χ1) is 11.4. The van der Waals surface area contributed by atoms with Gasteiger partial charge < -0.3 is 20.5 Å². The smallest absolute Gasteiger partial charge is 0.254 e. The Kier molecular flexibility index (Phi) is 4.45. The minimum absolute atomic E-state index is 0.0588. The molecule has 24 heavy (non-hydrogen) atoms. The minimum atomic E-state index is -0.662. The van der Waals surface area contributed by atoms with Crippen LogP contribution in [0, 0.1) is 0 Å². The molecule has 130 valence electrons. The number of aliphatic hydroxyl groups excluding tert-OH is 1. The number of amides is 2. The van der Waals surface area contributed by atoms with Crippen LogP contribution in [0.4, 0.5) is 4.39 Å². The molecular formula is C17H21FN2O4. The maximum Gasteiger partial charge on any atom is 0.254 e. The van der Waals surface area contributed by atoms with Gasteiger partial charge in [-0.3, -0.25) is 9.59 Å². The zero-order chi connectivity index (χ0) is 17.4. The van der Waals surface area contributed by atoms with Crippen molar-refractivity contribution in [3.8, 4) is 5.75 Å². The Labute approximate surface area is 139 Å². The zero-order valence-corrected chi connectivity index (χ0v) is 13.6. The molecule has 1 saturated carbocycles. The summed E-state index contributed by atoms with van der Waals surface area (Å²) in [5, 5.41) is 14.7. The molecule has 1 aromatic carbocycles. The van der Waals surface area contributed by atoms with Crippen LogP contribution >= 0.6 is 0 Å². The Morgan fingerprint density at radius 1 is 1.33 bits per heavy atom. The van der Waals surface area contributed by atoms with Gasteiger partial charge in [0.15, 0.2) is 0 Å². The van der Waals surface area contributed by atoms with Gasteiger partial charge in [0, 0.05) is 30.1 Å². The fraction of sp³-hybridized carbons (Fsp3) is 0.529. The van der Waals surface area contributed by atoms with E-state index in [2.05, 4.69) is 10.6 Å². The van der Waals surface area contributed by atoms with Crippen LogP contribution in [0.25, 0.3) is 0 Å². The second-order valence-corrected chi connectivity index (χ2v) is 6.42. The summed E-state index contributed by atoms with van der Waals surface area (Å²) in [5.74, 6) is -0.589. The lowest BCUT2D eigenvalue weighted by molar-refractivity contribution is 0.0562. The standard InChI is InChI=1S/C17H21FN2O4/c1-8-12-3-9(16(22)20-10-5-11(21)6-10)4-13(17(23)19-2)15(12)24-14(8)7-18/h3-4,8,10-11,14,21H,5-7H2,1-2H3,(H,19,23)(H,20,22)/t8-,10?,11?,14+/m0/s1. The molecule has 0 bridgehead atoms. The first-order valence-electron chi connectivity index (χ1n) is 8.06. The van der Waals surface area contributed by atoms with Gasteiger partial charge in [-0.25, -0.2) is 4.39 Å². The molecule has 0 saturated heterocycles. The number of hydrogen-bond acceptors (Lipinski definition) is 4. The van der Waals surface area contributed by atoms with Gasteiger partial charge in [0.25, 0.3) is 11.8 Å². The maximum absolute atomic E-state index is 13.1. The number of benzene rings is 1. The summed E-state index contributed by atoms with van der Waals surface area (Å²) in [4.78, 5) is 24.6. The van der Waals surface area contributed by atoms with E-state index in [4.69, 9.17) is 4.74 Å². The fourth-order valence-corrected chi connectivity index (χ4v) is 3.15. The topological polar surface area (TPSA) is 87.7 Å². The molecule has 1 aromatic rings. The Balaban J connectivity index is 1.92. The molecule has 2 amide bonds. The van der Waals surface area contributed by atoms with E-state index in [0.717, 1.165) is 0 Å². The van der Waals surface area contributed by atoms with Gasteiger partial charge >= 0.3 is 0 Å². The Bertz CT molecular complexity index is 673. The number of halogens is 1. The van der Waals surface area contributed by atoms with Crippen LogP contribution in [0.1, 0.15) is 52.0 Å². The first kappa shape index (κ1) is 16.7. The summed E-state index contributed by atoms with van der Waals surface area (Å²) in [7, 11) is 1.49. The highest BCUT2D eigenvalue weighted by molar-refractivity contribution is 6.02. The Hall–Kier alpha value is -2.15. The number of rotatable bonds is 4. The van der Waals surface area contributed by atoms with E-state index in [-0.39, 0.29) is 35.4 Å². The number of ether oxygens (including phenoxy) is 1. The van der Waals surface area contributed by atoms with Gasteiger partial charge in [-0.15, -0.1) is 0 Å². The van der Waals surface area contributed by atoms with Gasteiger partial charge in [-0.2, -0.15) is 0 Å². The van der Waals surface area contributed by atoms with Crippen molar-refractivity contribution in [3.63, 3.8) is 0 Å². The number of fused-ring (bicyclic) bond motifs is 1. The highest BCUT2D eigenvalue weighted by atomic mass is 19.1. The van der Waals surface area contributed by atoms with E-state index < -0.39 is 12.8 Å². The number of carbonyl (C=O) groups excluding carboxylic acids is 2. The van der Waals surface area contributed by atoms with Crippen molar-refractivity contribution < 1.29 is 23.8 Å². The summed E-state index contributed by atoms with van der Waals surface area (Å²) >= 11 is 0. The van der Waals surface area contributed by atoms with Crippen LogP contribution in [0.5, 0.6) is 5.75 Å². The Morgan fingerprint density at radius 2 is 2.04 bits per heavy atom. The molecule has 3 N–H and O–H groups in total. The summed E-state index contributed by atoms with van der Waals surface area (Å²) in [6, 6.07) is 3.07. The molecule has 0 aromatic heterocycles. The van der Waals surface area contributed by atoms with E-state index in [9.17, 15) is 19.1 Å². The molecule has 1 aliphatic heterocycles. The summed E-state index contributed by atoms with van der Waals surface area (Å²) < 4.78 is 18.7. The largest absolute Gasteiger partial charge is 0.486 e. The van der Waals surface area contributed by atoms with Gasteiger partial charge in [-0.05, 0) is 25.0 Å². The van der Waals surface area contributed by atoms with Gasteiger partial charge in [0.1, 0.15) is 18.5 Å². The van der Waals surface area contributed by atoms with Gasteiger partial charge in [-0.1, -0.05) is 6.92 Å². The van der Waals surface area contributed by atoms with Crippen molar-refractivity contribution >= 4 is 11.8 Å². The number of aliphatic hydroxyl groups is 1. The molecule has 7 heteroatoms. The second-order valence-electron chi connectivity index (χ2n) is 6.42. The minimum Gasteiger partial charge on any atom is -0.486 e. The van der Waals surface area contributed by atoms with Crippen LogP contribution < -0.4 is 15.4 Å². The molecule has 3 rings (SSSR count). The summed E-state index contributed by atoms with van der Waals surface area (Å²) in [5.41, 5.74) is 1.23. The third kappa shape index (κ3) is 2.84. The average Bonchev–Trinajstić information content (AvgIpc) is 2.88. The van der Waals surface area contributed by atoms with Crippen LogP contribution in [0.3, 0.4) is 0 Å². The second kappa shape index (κ2) is 6.39. The first-order valence-corrected chi connectivity index (χ1v) is 8.06. The van der Waals surface area contributed by atoms with Crippen molar-refractivity contribution in [1.82, 2.24) is 10.6 Å². The SMILES string of the molecule is CNC(=O)c1cc(C(=O)NC2CC(O)C2)cc2c1O[C@H](CF)[C@H]2C. The number of carbonyl (C=O) groups is 2. The lowest BCUT2D eigenvalue weighted by atomic mass is 9.89. The fourth-order valence-electron chi connectivity index (χ4n) is 3.15. The molecule has 1 heterocycles. The number of nitrogens with one attached hydrogen (secondary N) is 2. The Morgan fingerprint density at radius 3 is 2.62 bits per heavy atom. The molecule has 1 fully saturated rings. The monoisotopic (exact) mass is 336 g/mol. The molecule has 0 unspecified atom stereocenters. The third-order valence-corrected chi connectivity index (χ3v) is 4.77. The highest BCUT2D eigenvalue weighted by Crippen LogP contribution is 2.41. The van der Waals surface area contributed by atoms with Crippen molar-refractivity contribution in [3.05, 3.63) is 28.8 Å². The predicted molar refractivity (Wildman–Crippen MR) is 85.1 cm³/mol. The summed E-state index contributed by atoms with van der Waals surface area (Å²) in [6.45, 7) is 1.15. The summed E-state index contributed by atoms with van der Waals surface area (Å²) in [6.07, 6.45) is 0.0455. The maximum atomic E-state index is 13.1. The van der Waals surface area contributed by atoms with Crippen LogP contribution in [0.2, 0.25) is 0 Å². The van der Waals surface area contributed by atoms with Crippen LogP contribution in [0.15, 0.2) is 12.1 Å². The average molecular weight is 336 g/mol. The van der Waals surface area contributed by atoms with Crippen LogP contribution in [-0.4, -0.2) is 48.9 Å². The molecule has 6 nitrogen and oxygen atoms in total. The predicted octanol–water partition coefficient (Wildman–Crippen LogP) is 1.13. The van der Waals surface area contributed by atoms with Gasteiger partial charge in [0.05, 0.1) is 11.7 Å². The highest BCUT2D eigenvalue weighted by Gasteiger charge is 2.36. The van der Waals surface area contributed by atoms with E-state index in [1.165, 1.54) is 13.1 Å². The quantitative estimate of drug-likeness (QED) is 0.769. The molecule has 2 aliphatic rings. The van der Waals surface area contributed by atoms with E-state index in [0.29, 0.717) is 29.7 Å². The molecule has 1 aliphatic carbocycles. The van der Waals surface area contributed by atoms with Crippen molar-refractivity contribution in [1.29, 1.82) is 0 Å². The lowest BCUT2D eigenvalue weighted by Gasteiger charge is -2.32. The molecule has 2 atom stereocenters.